The molecule has 3 rings (SSSR count). The molecule has 0 amide bonds. The Hall–Kier alpha value is -1.05. The second-order valence-corrected chi connectivity index (χ2v) is 6.58. The Morgan fingerprint density at radius 2 is 2.42 bits per heavy atom. The van der Waals surface area contributed by atoms with Crippen LogP contribution >= 0.6 is 23.1 Å². The highest BCUT2D eigenvalue weighted by Gasteiger charge is 2.23. The van der Waals surface area contributed by atoms with E-state index < -0.39 is 0 Å². The van der Waals surface area contributed by atoms with E-state index in [0.717, 1.165) is 28.6 Å². The van der Waals surface area contributed by atoms with Crippen molar-refractivity contribution in [1.82, 2.24) is 10.2 Å². The van der Waals surface area contributed by atoms with Gasteiger partial charge in [0.15, 0.2) is 4.34 Å². The molecule has 1 aliphatic heterocycles. The van der Waals surface area contributed by atoms with Crippen molar-refractivity contribution in [3.8, 4) is 5.75 Å². The van der Waals surface area contributed by atoms with Gasteiger partial charge in [0.2, 0.25) is 0 Å². The number of hydrogen-bond donors (Lipinski definition) is 1. The standard InChI is InChI=1S/C12H14BN3OS2/c1-8-10(6-18-12-16-15-7-19-12)3-2-9-4-5-13(14)17-11(8)9/h2-3,7H,4-6,14H2,1H3. The Kier molecular flexibility index (Phi) is 3.77. The monoisotopic (exact) mass is 291 g/mol. The van der Waals surface area contributed by atoms with Crippen LogP contribution in [0.15, 0.2) is 22.0 Å². The van der Waals surface area contributed by atoms with Crippen LogP contribution in [0.3, 0.4) is 0 Å². The molecule has 1 aromatic carbocycles. The summed E-state index contributed by atoms with van der Waals surface area (Å²) < 4.78 is 6.78. The lowest BCUT2D eigenvalue weighted by atomic mass is 9.74. The molecule has 0 fully saturated rings. The number of aryl methyl sites for hydroxylation is 1. The summed E-state index contributed by atoms with van der Waals surface area (Å²) in [4.78, 5) is 0. The number of fused-ring (bicyclic) bond motifs is 1. The molecule has 0 aliphatic carbocycles. The van der Waals surface area contributed by atoms with Crippen LogP contribution in [0.4, 0.5) is 0 Å². The molecule has 0 spiro atoms. The largest absolute Gasteiger partial charge is 0.546 e. The Bertz CT molecular complexity index is 577. The highest BCUT2D eigenvalue weighted by atomic mass is 32.2. The van der Waals surface area contributed by atoms with E-state index in [1.54, 1.807) is 28.6 Å². The van der Waals surface area contributed by atoms with Gasteiger partial charge in [0.1, 0.15) is 11.3 Å². The highest BCUT2D eigenvalue weighted by Crippen LogP contribution is 2.34. The third-order valence-corrected chi connectivity index (χ3v) is 5.17. The van der Waals surface area contributed by atoms with Gasteiger partial charge >= 0.3 is 7.05 Å². The van der Waals surface area contributed by atoms with E-state index in [9.17, 15) is 0 Å². The summed E-state index contributed by atoms with van der Waals surface area (Å²) in [6, 6.07) is 4.34. The van der Waals surface area contributed by atoms with Crippen molar-refractivity contribution in [2.24, 2.45) is 5.64 Å². The van der Waals surface area contributed by atoms with Crippen molar-refractivity contribution >= 4 is 30.1 Å². The molecule has 2 heterocycles. The SMILES string of the molecule is Cc1c(CSc2nncs2)ccc2c1OB(N)CC2. The molecule has 0 saturated carbocycles. The lowest BCUT2D eigenvalue weighted by Gasteiger charge is -2.24. The van der Waals surface area contributed by atoms with Gasteiger partial charge in [-0.15, -0.1) is 10.2 Å². The zero-order chi connectivity index (χ0) is 13.2. The minimum Gasteiger partial charge on any atom is -0.546 e. The summed E-state index contributed by atoms with van der Waals surface area (Å²) in [6.07, 6.45) is 1.90. The van der Waals surface area contributed by atoms with Crippen LogP contribution < -0.4 is 10.3 Å². The minimum atomic E-state index is -0.169. The van der Waals surface area contributed by atoms with Crippen LogP contribution in [0.5, 0.6) is 5.75 Å². The first-order valence-corrected chi connectivity index (χ1v) is 8.03. The molecule has 0 bridgehead atoms. The predicted octanol–water partition coefficient (Wildman–Crippen LogP) is 2.52. The molecule has 1 aromatic heterocycles. The van der Waals surface area contributed by atoms with E-state index in [1.165, 1.54) is 16.7 Å². The number of aromatic nitrogens is 2. The van der Waals surface area contributed by atoms with Crippen molar-refractivity contribution in [2.75, 3.05) is 0 Å². The van der Waals surface area contributed by atoms with Gasteiger partial charge in [-0.1, -0.05) is 35.2 Å². The lowest BCUT2D eigenvalue weighted by Crippen LogP contribution is -2.36. The third kappa shape index (κ3) is 2.78. The van der Waals surface area contributed by atoms with Crippen LogP contribution in [0.2, 0.25) is 6.32 Å². The Labute approximate surface area is 120 Å². The first-order valence-electron chi connectivity index (χ1n) is 6.16. The first-order chi connectivity index (χ1) is 9.24. The normalized spacial score (nSPS) is 14.1. The zero-order valence-corrected chi connectivity index (χ0v) is 12.3. The van der Waals surface area contributed by atoms with Crippen molar-refractivity contribution < 1.29 is 4.65 Å². The summed E-state index contributed by atoms with van der Waals surface area (Å²) in [7, 11) is -0.169. The van der Waals surface area contributed by atoms with Crippen molar-refractivity contribution in [1.29, 1.82) is 0 Å². The molecule has 19 heavy (non-hydrogen) atoms. The van der Waals surface area contributed by atoms with Gasteiger partial charge in [-0.25, -0.2) is 0 Å². The molecule has 0 saturated heterocycles. The molecular formula is C12H14BN3OS2. The zero-order valence-electron chi connectivity index (χ0n) is 10.6. The molecule has 0 radical (unpaired) electrons. The van der Waals surface area contributed by atoms with Crippen LogP contribution in [0.25, 0.3) is 0 Å². The van der Waals surface area contributed by atoms with Gasteiger partial charge in [-0.05, 0) is 36.4 Å². The van der Waals surface area contributed by atoms with Gasteiger partial charge in [0.25, 0.3) is 0 Å². The van der Waals surface area contributed by atoms with Crippen LogP contribution in [0, 0.1) is 6.92 Å². The summed E-state index contributed by atoms with van der Waals surface area (Å²) in [5, 5.41) is 7.88. The summed E-state index contributed by atoms with van der Waals surface area (Å²) in [5.41, 5.74) is 11.4. The maximum absolute atomic E-state index is 5.88. The predicted molar refractivity (Wildman–Crippen MR) is 79.7 cm³/mol. The molecule has 4 nitrogen and oxygen atoms in total. The van der Waals surface area contributed by atoms with E-state index in [4.69, 9.17) is 10.3 Å². The Balaban J connectivity index is 1.81. The van der Waals surface area contributed by atoms with Crippen LogP contribution in [-0.2, 0) is 12.2 Å². The number of hydrogen-bond acceptors (Lipinski definition) is 6. The molecule has 0 atom stereocenters. The summed E-state index contributed by atoms with van der Waals surface area (Å²) in [5.74, 6) is 1.86. The van der Waals surface area contributed by atoms with Crippen molar-refractivity contribution in [3.63, 3.8) is 0 Å². The molecule has 0 unspecified atom stereocenters. The lowest BCUT2D eigenvalue weighted by molar-refractivity contribution is 0.534. The summed E-state index contributed by atoms with van der Waals surface area (Å²) >= 11 is 3.27. The molecule has 98 valence electrons. The average Bonchev–Trinajstić information content (AvgIpc) is 2.92. The van der Waals surface area contributed by atoms with E-state index in [1.807, 2.05) is 0 Å². The average molecular weight is 291 g/mol. The van der Waals surface area contributed by atoms with E-state index in [0.29, 0.717) is 0 Å². The van der Waals surface area contributed by atoms with E-state index in [-0.39, 0.29) is 7.05 Å². The second kappa shape index (κ2) is 5.52. The fourth-order valence-electron chi connectivity index (χ4n) is 2.18. The molecule has 1 aliphatic rings. The topological polar surface area (TPSA) is 61.0 Å². The van der Waals surface area contributed by atoms with Gasteiger partial charge < -0.3 is 10.3 Å². The Morgan fingerprint density at radius 3 is 3.21 bits per heavy atom. The molecule has 7 heteroatoms. The Morgan fingerprint density at radius 1 is 1.53 bits per heavy atom. The first kappa shape index (κ1) is 13.0. The third-order valence-electron chi connectivity index (χ3n) is 3.26. The molecule has 2 N–H and O–H groups in total. The maximum Gasteiger partial charge on any atom is 0.443 e. The molecule has 2 aromatic rings. The number of nitrogens with two attached hydrogens (primary N) is 1. The minimum absolute atomic E-state index is 0.169. The summed E-state index contributed by atoms with van der Waals surface area (Å²) in [6.45, 7) is 2.10. The van der Waals surface area contributed by atoms with Gasteiger partial charge in [-0.2, -0.15) is 0 Å². The second-order valence-electron chi connectivity index (χ2n) is 4.53. The van der Waals surface area contributed by atoms with Crippen LogP contribution in [-0.4, -0.2) is 17.2 Å². The molecular weight excluding hydrogens is 277 g/mol. The fourth-order valence-corrected chi connectivity index (χ4v) is 3.73. The highest BCUT2D eigenvalue weighted by molar-refractivity contribution is 8.00. The van der Waals surface area contributed by atoms with E-state index in [2.05, 4.69) is 29.3 Å². The van der Waals surface area contributed by atoms with E-state index >= 15 is 0 Å². The van der Waals surface area contributed by atoms with Gasteiger partial charge in [-0.3, -0.25) is 0 Å². The number of benzene rings is 1. The van der Waals surface area contributed by atoms with Gasteiger partial charge in [0.05, 0.1) is 0 Å². The number of thioether (sulfide) groups is 1. The van der Waals surface area contributed by atoms with Crippen LogP contribution in [0.1, 0.15) is 16.7 Å². The smallest absolute Gasteiger partial charge is 0.443 e. The fraction of sp³-hybridized carbons (Fsp3) is 0.333. The maximum atomic E-state index is 5.88. The number of nitrogens with zero attached hydrogens (tertiary/aromatic N) is 2. The quantitative estimate of drug-likeness (QED) is 0.695. The van der Waals surface area contributed by atoms with Crippen molar-refractivity contribution in [2.45, 2.75) is 29.8 Å². The number of rotatable bonds is 3. The van der Waals surface area contributed by atoms with Crippen molar-refractivity contribution in [3.05, 3.63) is 34.3 Å². The van der Waals surface area contributed by atoms with Gasteiger partial charge in [0, 0.05) is 5.75 Å².